The molecule has 0 bridgehead atoms. The number of carboxylic acids is 1. The number of carbonyl (C=O) groups is 1. The van der Waals surface area contributed by atoms with Gasteiger partial charge in [0.15, 0.2) is 0 Å². The summed E-state index contributed by atoms with van der Waals surface area (Å²) in [5.74, 6) is -0.930. The van der Waals surface area contributed by atoms with Gasteiger partial charge in [0, 0.05) is 29.7 Å². The summed E-state index contributed by atoms with van der Waals surface area (Å²) < 4.78 is 1.01. The molecular formula is C16H21BrN2O2. The van der Waals surface area contributed by atoms with Crippen LogP contribution in [0.1, 0.15) is 18.4 Å². The van der Waals surface area contributed by atoms with Gasteiger partial charge in [-0.2, -0.15) is 0 Å². The molecule has 0 aromatic heterocycles. The smallest absolute Gasteiger partial charge is 0.328 e. The number of hydrogen-bond donors (Lipinski definition) is 1. The Labute approximate surface area is 134 Å². The predicted octanol–water partition coefficient (Wildman–Crippen LogP) is 3.08. The van der Waals surface area contributed by atoms with Crippen LogP contribution in [0.2, 0.25) is 0 Å². The minimum atomic E-state index is -0.930. The maximum Gasteiger partial charge on any atom is 0.328 e. The molecular weight excluding hydrogens is 332 g/mol. The van der Waals surface area contributed by atoms with Crippen LogP contribution in [-0.4, -0.2) is 49.2 Å². The topological polar surface area (TPSA) is 43.8 Å². The zero-order valence-corrected chi connectivity index (χ0v) is 14.0. The summed E-state index contributed by atoms with van der Waals surface area (Å²) in [5, 5.41) is 8.68. The zero-order valence-electron chi connectivity index (χ0n) is 12.4. The summed E-state index contributed by atoms with van der Waals surface area (Å²) >= 11 is 3.62. The third-order valence-electron chi connectivity index (χ3n) is 3.65. The van der Waals surface area contributed by atoms with E-state index in [4.69, 9.17) is 5.11 Å². The molecule has 1 saturated heterocycles. The van der Waals surface area contributed by atoms with Gasteiger partial charge in [0.25, 0.3) is 0 Å². The lowest BCUT2D eigenvalue weighted by Crippen LogP contribution is -2.37. The van der Waals surface area contributed by atoms with E-state index in [9.17, 15) is 4.79 Å². The number of carboxylic acid groups (broad SMARTS) is 1. The van der Waals surface area contributed by atoms with Crippen molar-refractivity contribution in [2.45, 2.75) is 18.9 Å². The number of halogens is 1. The Morgan fingerprint density at radius 3 is 2.90 bits per heavy atom. The second-order valence-corrected chi connectivity index (χ2v) is 6.49. The van der Waals surface area contributed by atoms with E-state index < -0.39 is 5.97 Å². The lowest BCUT2D eigenvalue weighted by Gasteiger charge is -2.30. The molecule has 1 N–H and O–H groups in total. The molecule has 0 aliphatic carbocycles. The fourth-order valence-electron chi connectivity index (χ4n) is 2.79. The number of rotatable bonds is 5. The normalized spacial score (nSPS) is 18.9. The molecule has 1 aliphatic heterocycles. The monoisotopic (exact) mass is 352 g/mol. The van der Waals surface area contributed by atoms with Gasteiger partial charge >= 0.3 is 5.97 Å². The summed E-state index contributed by atoms with van der Waals surface area (Å²) in [7, 11) is 4.21. The number of hydrogen-bond acceptors (Lipinski definition) is 3. The van der Waals surface area contributed by atoms with Gasteiger partial charge in [0.2, 0.25) is 0 Å². The van der Waals surface area contributed by atoms with E-state index in [0.29, 0.717) is 6.04 Å². The van der Waals surface area contributed by atoms with Crippen molar-refractivity contribution in [2.75, 3.05) is 32.1 Å². The maximum atomic E-state index is 10.6. The lowest BCUT2D eigenvalue weighted by molar-refractivity contribution is -0.131. The summed E-state index contributed by atoms with van der Waals surface area (Å²) in [4.78, 5) is 15.2. The Kier molecular flexibility index (Phi) is 5.42. The molecule has 0 radical (unpaired) electrons. The van der Waals surface area contributed by atoms with Crippen LogP contribution in [0.25, 0.3) is 6.08 Å². The molecule has 0 saturated carbocycles. The van der Waals surface area contributed by atoms with Crippen LogP contribution in [0.15, 0.2) is 28.7 Å². The zero-order chi connectivity index (χ0) is 15.4. The van der Waals surface area contributed by atoms with Gasteiger partial charge in [-0.25, -0.2) is 4.79 Å². The Morgan fingerprint density at radius 2 is 2.29 bits per heavy atom. The number of nitrogens with zero attached hydrogens (tertiary/aromatic N) is 2. The largest absolute Gasteiger partial charge is 0.478 e. The second kappa shape index (κ2) is 7.09. The Bertz CT molecular complexity index is 543. The molecule has 1 aliphatic rings. The van der Waals surface area contributed by atoms with E-state index in [-0.39, 0.29) is 0 Å². The number of aliphatic carboxylic acids is 1. The van der Waals surface area contributed by atoms with E-state index in [1.807, 2.05) is 12.1 Å². The molecule has 1 aromatic carbocycles. The molecule has 1 atom stereocenters. The first-order chi connectivity index (χ1) is 9.97. The standard InChI is InChI=1S/C16H21BrN2O2/c1-18(2)11-13-4-3-9-19(13)15-7-5-12(10-14(15)17)6-8-16(20)21/h5-8,10,13H,3-4,9,11H2,1-2H3,(H,20,21)/b8-6+. The predicted molar refractivity (Wildman–Crippen MR) is 89.7 cm³/mol. The molecule has 5 heteroatoms. The quantitative estimate of drug-likeness (QED) is 0.827. The van der Waals surface area contributed by atoms with Crippen LogP contribution in [-0.2, 0) is 4.79 Å². The highest BCUT2D eigenvalue weighted by Gasteiger charge is 2.26. The third-order valence-corrected chi connectivity index (χ3v) is 4.29. The third kappa shape index (κ3) is 4.32. The summed E-state index contributed by atoms with van der Waals surface area (Å²) in [6.45, 7) is 2.12. The minimum absolute atomic E-state index is 0.539. The second-order valence-electron chi connectivity index (χ2n) is 5.63. The molecule has 1 aromatic rings. The van der Waals surface area contributed by atoms with Crippen molar-refractivity contribution in [1.82, 2.24) is 4.90 Å². The van der Waals surface area contributed by atoms with Gasteiger partial charge in [-0.1, -0.05) is 6.07 Å². The van der Waals surface area contributed by atoms with Crippen molar-refractivity contribution < 1.29 is 9.90 Å². The van der Waals surface area contributed by atoms with Crippen LogP contribution in [0.5, 0.6) is 0 Å². The van der Waals surface area contributed by atoms with Crippen molar-refractivity contribution in [3.8, 4) is 0 Å². The van der Waals surface area contributed by atoms with Crippen LogP contribution in [0, 0.1) is 0 Å². The molecule has 1 unspecified atom stereocenters. The van der Waals surface area contributed by atoms with Crippen LogP contribution >= 0.6 is 15.9 Å². The van der Waals surface area contributed by atoms with Crippen molar-refractivity contribution in [3.05, 3.63) is 34.3 Å². The van der Waals surface area contributed by atoms with E-state index in [0.717, 1.165) is 29.2 Å². The first-order valence-corrected chi connectivity index (χ1v) is 7.88. The van der Waals surface area contributed by atoms with Crippen molar-refractivity contribution >= 4 is 33.7 Å². The van der Waals surface area contributed by atoms with Crippen LogP contribution < -0.4 is 4.90 Å². The van der Waals surface area contributed by atoms with E-state index >= 15 is 0 Å². The van der Waals surface area contributed by atoms with E-state index in [1.165, 1.54) is 18.5 Å². The molecule has 2 rings (SSSR count). The van der Waals surface area contributed by atoms with Gasteiger partial charge in [-0.3, -0.25) is 0 Å². The fraction of sp³-hybridized carbons (Fsp3) is 0.438. The van der Waals surface area contributed by atoms with Gasteiger partial charge in [-0.15, -0.1) is 0 Å². The highest BCUT2D eigenvalue weighted by molar-refractivity contribution is 9.10. The molecule has 1 heterocycles. The van der Waals surface area contributed by atoms with Crippen molar-refractivity contribution in [1.29, 1.82) is 0 Å². The van der Waals surface area contributed by atoms with Crippen LogP contribution in [0.3, 0.4) is 0 Å². The molecule has 21 heavy (non-hydrogen) atoms. The Morgan fingerprint density at radius 1 is 1.52 bits per heavy atom. The number of anilines is 1. The Hall–Kier alpha value is -1.33. The molecule has 114 valence electrons. The average molecular weight is 353 g/mol. The maximum absolute atomic E-state index is 10.6. The first-order valence-electron chi connectivity index (χ1n) is 7.09. The lowest BCUT2D eigenvalue weighted by atomic mass is 10.1. The highest BCUT2D eigenvalue weighted by Crippen LogP contribution is 2.33. The van der Waals surface area contributed by atoms with Crippen LogP contribution in [0.4, 0.5) is 5.69 Å². The average Bonchev–Trinajstić information content (AvgIpc) is 2.83. The minimum Gasteiger partial charge on any atom is -0.478 e. The van der Waals surface area contributed by atoms with E-state index in [1.54, 1.807) is 6.08 Å². The van der Waals surface area contributed by atoms with Crippen molar-refractivity contribution in [3.63, 3.8) is 0 Å². The van der Waals surface area contributed by atoms with Gasteiger partial charge < -0.3 is 14.9 Å². The highest BCUT2D eigenvalue weighted by atomic mass is 79.9. The summed E-state index contributed by atoms with van der Waals surface area (Å²) in [6.07, 6.45) is 5.20. The SMILES string of the molecule is CN(C)CC1CCCN1c1ccc(/C=C/C(=O)O)cc1Br. The Balaban J connectivity index is 2.18. The summed E-state index contributed by atoms with van der Waals surface area (Å²) in [5.41, 5.74) is 2.07. The fourth-order valence-corrected chi connectivity index (χ4v) is 3.42. The van der Waals surface area contributed by atoms with Gasteiger partial charge in [-0.05, 0) is 66.6 Å². The van der Waals surface area contributed by atoms with E-state index in [2.05, 4.69) is 45.9 Å². The molecule has 0 spiro atoms. The van der Waals surface area contributed by atoms with Crippen molar-refractivity contribution in [2.24, 2.45) is 0 Å². The summed E-state index contributed by atoms with van der Waals surface area (Å²) in [6, 6.07) is 6.54. The number of benzene rings is 1. The molecule has 0 amide bonds. The van der Waals surface area contributed by atoms with Gasteiger partial charge in [0.1, 0.15) is 0 Å². The first kappa shape index (κ1) is 16.0. The molecule has 1 fully saturated rings. The molecule has 4 nitrogen and oxygen atoms in total. The number of likely N-dealkylation sites (N-methyl/N-ethyl adjacent to an activating group) is 1. The van der Waals surface area contributed by atoms with Gasteiger partial charge in [0.05, 0.1) is 5.69 Å².